The third-order valence-electron chi connectivity index (χ3n) is 4.78. The molecule has 0 radical (unpaired) electrons. The summed E-state index contributed by atoms with van der Waals surface area (Å²) >= 11 is 0. The number of likely N-dealkylation sites (tertiary alicyclic amines) is 1. The van der Waals surface area contributed by atoms with Gasteiger partial charge in [-0.25, -0.2) is 0 Å². The van der Waals surface area contributed by atoms with Gasteiger partial charge in [-0.3, -0.25) is 0 Å². The van der Waals surface area contributed by atoms with E-state index in [0.29, 0.717) is 6.04 Å². The van der Waals surface area contributed by atoms with E-state index in [0.717, 1.165) is 13.0 Å². The maximum Gasteiger partial charge on any atom is 0.0342 e. The molecule has 1 saturated heterocycles. The first-order valence-corrected chi connectivity index (χ1v) is 8.15. The second-order valence-corrected chi connectivity index (χ2v) is 6.23. The standard InChI is InChI=1S/C17H27N3/c18-16-13-17(15-8-4-3-7-14(15)16)19-9-12-20-10-5-1-2-6-11-20/h3-4,7-8,16-17,19H,1-2,5-6,9-13,18H2. The van der Waals surface area contributed by atoms with Crippen molar-refractivity contribution < 1.29 is 0 Å². The summed E-state index contributed by atoms with van der Waals surface area (Å²) in [5, 5.41) is 3.71. The molecule has 2 atom stereocenters. The van der Waals surface area contributed by atoms with Gasteiger partial charge in [0.05, 0.1) is 0 Å². The number of rotatable bonds is 4. The topological polar surface area (TPSA) is 41.3 Å². The summed E-state index contributed by atoms with van der Waals surface area (Å²) in [6.45, 7) is 4.81. The molecule has 3 nitrogen and oxygen atoms in total. The summed E-state index contributed by atoms with van der Waals surface area (Å²) < 4.78 is 0. The van der Waals surface area contributed by atoms with Gasteiger partial charge in [0, 0.05) is 25.2 Å². The molecule has 1 aliphatic carbocycles. The highest BCUT2D eigenvalue weighted by molar-refractivity contribution is 5.37. The van der Waals surface area contributed by atoms with Crippen molar-refractivity contribution in [1.29, 1.82) is 0 Å². The molecule has 1 aromatic carbocycles. The predicted molar refractivity (Wildman–Crippen MR) is 83.6 cm³/mol. The van der Waals surface area contributed by atoms with Crippen LogP contribution in [0.1, 0.15) is 55.3 Å². The minimum absolute atomic E-state index is 0.210. The first kappa shape index (κ1) is 14.1. The van der Waals surface area contributed by atoms with Crippen LogP contribution < -0.4 is 11.1 Å². The van der Waals surface area contributed by atoms with E-state index in [9.17, 15) is 0 Å². The van der Waals surface area contributed by atoms with Gasteiger partial charge in [-0.15, -0.1) is 0 Å². The number of benzene rings is 1. The summed E-state index contributed by atoms with van der Waals surface area (Å²) in [6.07, 6.45) is 6.61. The Hall–Kier alpha value is -0.900. The van der Waals surface area contributed by atoms with Gasteiger partial charge in [-0.05, 0) is 43.5 Å². The fourth-order valence-electron chi connectivity index (χ4n) is 3.62. The van der Waals surface area contributed by atoms with Crippen LogP contribution in [0.3, 0.4) is 0 Å². The summed E-state index contributed by atoms with van der Waals surface area (Å²) in [6, 6.07) is 9.29. The van der Waals surface area contributed by atoms with Crippen molar-refractivity contribution in [3.63, 3.8) is 0 Å². The van der Waals surface area contributed by atoms with Crippen LogP contribution in [0.15, 0.2) is 24.3 Å². The van der Waals surface area contributed by atoms with Crippen molar-refractivity contribution in [2.75, 3.05) is 26.2 Å². The summed E-state index contributed by atoms with van der Waals surface area (Å²) in [5.74, 6) is 0. The van der Waals surface area contributed by atoms with Crippen LogP contribution in [0, 0.1) is 0 Å². The Labute approximate surface area is 122 Å². The monoisotopic (exact) mass is 273 g/mol. The molecule has 2 aliphatic rings. The van der Waals surface area contributed by atoms with Crippen LogP contribution in [-0.2, 0) is 0 Å². The maximum atomic E-state index is 6.22. The average Bonchev–Trinajstić information content (AvgIpc) is 2.66. The van der Waals surface area contributed by atoms with Crippen molar-refractivity contribution in [3.8, 4) is 0 Å². The largest absolute Gasteiger partial charge is 0.324 e. The second kappa shape index (κ2) is 6.70. The van der Waals surface area contributed by atoms with Gasteiger partial charge >= 0.3 is 0 Å². The van der Waals surface area contributed by atoms with E-state index in [-0.39, 0.29) is 6.04 Å². The highest BCUT2D eigenvalue weighted by Gasteiger charge is 2.27. The number of hydrogen-bond acceptors (Lipinski definition) is 3. The molecule has 1 fully saturated rings. The Morgan fingerprint density at radius 1 is 1.05 bits per heavy atom. The van der Waals surface area contributed by atoms with Crippen LogP contribution in [-0.4, -0.2) is 31.1 Å². The SMILES string of the molecule is NC1CC(NCCN2CCCCCC2)c2ccccc21. The fourth-order valence-corrected chi connectivity index (χ4v) is 3.62. The van der Waals surface area contributed by atoms with Gasteiger partial charge in [0.25, 0.3) is 0 Å². The van der Waals surface area contributed by atoms with E-state index in [1.54, 1.807) is 0 Å². The molecule has 0 amide bonds. The quantitative estimate of drug-likeness (QED) is 0.886. The third-order valence-corrected chi connectivity index (χ3v) is 4.78. The summed E-state index contributed by atoms with van der Waals surface area (Å²) in [5.41, 5.74) is 8.97. The number of nitrogens with one attached hydrogen (secondary N) is 1. The Balaban J connectivity index is 1.49. The Morgan fingerprint density at radius 3 is 2.50 bits per heavy atom. The molecule has 0 bridgehead atoms. The lowest BCUT2D eigenvalue weighted by Crippen LogP contribution is -2.34. The van der Waals surface area contributed by atoms with E-state index >= 15 is 0 Å². The zero-order chi connectivity index (χ0) is 13.8. The van der Waals surface area contributed by atoms with E-state index in [1.165, 1.54) is 56.4 Å². The number of hydrogen-bond donors (Lipinski definition) is 2. The summed E-state index contributed by atoms with van der Waals surface area (Å²) in [7, 11) is 0. The van der Waals surface area contributed by atoms with Gasteiger partial charge in [-0.1, -0.05) is 37.1 Å². The Bertz CT molecular complexity index is 424. The van der Waals surface area contributed by atoms with Crippen LogP contribution in [0.25, 0.3) is 0 Å². The molecule has 1 aliphatic heterocycles. The lowest BCUT2D eigenvalue weighted by molar-refractivity contribution is 0.278. The third kappa shape index (κ3) is 3.22. The number of fused-ring (bicyclic) bond motifs is 1. The molecule has 3 rings (SSSR count). The first-order chi connectivity index (χ1) is 9.84. The molecule has 3 heteroatoms. The molecule has 1 heterocycles. The molecule has 2 unspecified atom stereocenters. The van der Waals surface area contributed by atoms with Crippen molar-refractivity contribution in [3.05, 3.63) is 35.4 Å². The highest BCUT2D eigenvalue weighted by atomic mass is 15.1. The lowest BCUT2D eigenvalue weighted by Gasteiger charge is -2.21. The Kier molecular flexibility index (Phi) is 4.71. The van der Waals surface area contributed by atoms with Crippen LogP contribution in [0.5, 0.6) is 0 Å². The van der Waals surface area contributed by atoms with Crippen LogP contribution in [0.4, 0.5) is 0 Å². The lowest BCUT2D eigenvalue weighted by atomic mass is 10.1. The van der Waals surface area contributed by atoms with Gasteiger partial charge < -0.3 is 16.0 Å². The zero-order valence-corrected chi connectivity index (χ0v) is 12.4. The van der Waals surface area contributed by atoms with Crippen molar-refractivity contribution in [2.24, 2.45) is 5.73 Å². The zero-order valence-electron chi connectivity index (χ0n) is 12.4. The number of nitrogens with two attached hydrogens (primary N) is 1. The van der Waals surface area contributed by atoms with Gasteiger partial charge in [-0.2, -0.15) is 0 Å². The molecular formula is C17H27N3. The molecule has 110 valence electrons. The van der Waals surface area contributed by atoms with Gasteiger partial charge in [0.2, 0.25) is 0 Å². The minimum atomic E-state index is 0.210. The molecule has 20 heavy (non-hydrogen) atoms. The van der Waals surface area contributed by atoms with Gasteiger partial charge in [0.15, 0.2) is 0 Å². The van der Waals surface area contributed by atoms with E-state index in [4.69, 9.17) is 5.73 Å². The first-order valence-electron chi connectivity index (χ1n) is 8.15. The van der Waals surface area contributed by atoms with Crippen molar-refractivity contribution >= 4 is 0 Å². The predicted octanol–water partition coefficient (Wildman–Crippen LogP) is 2.60. The number of nitrogens with zero attached hydrogens (tertiary/aromatic N) is 1. The normalized spacial score (nSPS) is 27.2. The maximum absolute atomic E-state index is 6.22. The van der Waals surface area contributed by atoms with Crippen molar-refractivity contribution in [2.45, 2.75) is 44.2 Å². The molecular weight excluding hydrogens is 246 g/mol. The highest BCUT2D eigenvalue weighted by Crippen LogP contribution is 2.36. The summed E-state index contributed by atoms with van der Waals surface area (Å²) in [4.78, 5) is 2.61. The molecule has 1 aromatic rings. The minimum Gasteiger partial charge on any atom is -0.324 e. The second-order valence-electron chi connectivity index (χ2n) is 6.23. The fraction of sp³-hybridized carbons (Fsp3) is 0.647. The van der Waals surface area contributed by atoms with E-state index in [2.05, 4.69) is 34.5 Å². The average molecular weight is 273 g/mol. The molecule has 0 spiro atoms. The van der Waals surface area contributed by atoms with E-state index < -0.39 is 0 Å². The Morgan fingerprint density at radius 2 is 1.75 bits per heavy atom. The smallest absolute Gasteiger partial charge is 0.0342 e. The van der Waals surface area contributed by atoms with Crippen LogP contribution >= 0.6 is 0 Å². The molecule has 0 aromatic heterocycles. The van der Waals surface area contributed by atoms with Crippen LogP contribution in [0.2, 0.25) is 0 Å². The van der Waals surface area contributed by atoms with E-state index in [1.807, 2.05) is 0 Å². The molecule has 0 saturated carbocycles. The molecule has 3 N–H and O–H groups in total. The van der Waals surface area contributed by atoms with Crippen molar-refractivity contribution in [1.82, 2.24) is 10.2 Å². The van der Waals surface area contributed by atoms with Gasteiger partial charge in [0.1, 0.15) is 0 Å².